The molecule has 2 heteroatoms. The molecule has 136 valence electrons. The van der Waals surface area contributed by atoms with Crippen molar-refractivity contribution in [1.29, 1.82) is 0 Å². The minimum Gasteiger partial charge on any atom is -0.339 e. The lowest BCUT2D eigenvalue weighted by atomic mass is 9.95. The Bertz CT molecular complexity index is 579. The second kappa shape index (κ2) is 10.9. The maximum absolute atomic E-state index is 13.1. The highest BCUT2D eigenvalue weighted by Crippen LogP contribution is 2.24. The summed E-state index contributed by atoms with van der Waals surface area (Å²) in [4.78, 5) is 15.2. The highest BCUT2D eigenvalue weighted by molar-refractivity contribution is 5.94. The van der Waals surface area contributed by atoms with Crippen molar-refractivity contribution in [1.82, 2.24) is 4.90 Å². The monoisotopic (exact) mass is 339 g/mol. The predicted octanol–water partition coefficient (Wildman–Crippen LogP) is 6.00. The molecule has 1 aliphatic rings. The molecule has 1 aliphatic heterocycles. The SMILES string of the molecule is CCC/C(C/C=C/c1ccccc1)=C(/CCC)C(=O)N1CCCCC1. The van der Waals surface area contributed by atoms with Crippen molar-refractivity contribution in [2.45, 2.75) is 65.2 Å². The van der Waals surface area contributed by atoms with Gasteiger partial charge in [0.25, 0.3) is 0 Å². The summed E-state index contributed by atoms with van der Waals surface area (Å²) in [6.45, 7) is 6.25. The van der Waals surface area contributed by atoms with E-state index in [9.17, 15) is 4.79 Å². The van der Waals surface area contributed by atoms with E-state index in [1.807, 2.05) is 6.07 Å². The summed E-state index contributed by atoms with van der Waals surface area (Å²) in [5, 5.41) is 0. The van der Waals surface area contributed by atoms with Gasteiger partial charge in [-0.05, 0) is 44.1 Å². The van der Waals surface area contributed by atoms with Crippen LogP contribution in [-0.2, 0) is 4.79 Å². The number of likely N-dealkylation sites (tertiary alicyclic amines) is 1. The first-order valence-electron chi connectivity index (χ1n) is 9.98. The number of piperidine rings is 1. The lowest BCUT2D eigenvalue weighted by molar-refractivity contribution is -0.128. The van der Waals surface area contributed by atoms with Crippen LogP contribution in [0.1, 0.15) is 70.8 Å². The van der Waals surface area contributed by atoms with Crippen molar-refractivity contribution in [3.8, 4) is 0 Å². The molecule has 2 nitrogen and oxygen atoms in total. The third-order valence-corrected chi connectivity index (χ3v) is 4.85. The Morgan fingerprint density at radius 3 is 2.32 bits per heavy atom. The Labute approximate surface area is 153 Å². The number of nitrogens with zero attached hydrogens (tertiary/aromatic N) is 1. The molecule has 0 saturated carbocycles. The summed E-state index contributed by atoms with van der Waals surface area (Å²) in [6, 6.07) is 10.4. The maximum Gasteiger partial charge on any atom is 0.249 e. The van der Waals surface area contributed by atoms with Crippen molar-refractivity contribution in [3.63, 3.8) is 0 Å². The Hall–Kier alpha value is -1.83. The fraction of sp³-hybridized carbons (Fsp3) is 0.522. The van der Waals surface area contributed by atoms with Crippen molar-refractivity contribution >= 4 is 12.0 Å². The maximum atomic E-state index is 13.1. The largest absolute Gasteiger partial charge is 0.339 e. The summed E-state index contributed by atoms with van der Waals surface area (Å²) in [6.07, 6.45) is 12.9. The Kier molecular flexibility index (Phi) is 8.51. The summed E-state index contributed by atoms with van der Waals surface area (Å²) in [7, 11) is 0. The van der Waals surface area contributed by atoms with E-state index < -0.39 is 0 Å². The Morgan fingerprint density at radius 1 is 1.00 bits per heavy atom. The molecule has 0 aliphatic carbocycles. The number of hydrogen-bond donors (Lipinski definition) is 0. The molecular formula is C23H33NO. The smallest absolute Gasteiger partial charge is 0.249 e. The average Bonchev–Trinajstić information content (AvgIpc) is 2.66. The van der Waals surface area contributed by atoms with Crippen LogP contribution in [-0.4, -0.2) is 23.9 Å². The number of allylic oxidation sites excluding steroid dienone is 2. The van der Waals surface area contributed by atoms with Crippen LogP contribution in [0.25, 0.3) is 6.08 Å². The van der Waals surface area contributed by atoms with Gasteiger partial charge in [0.05, 0.1) is 0 Å². The van der Waals surface area contributed by atoms with Gasteiger partial charge in [0.2, 0.25) is 5.91 Å². The van der Waals surface area contributed by atoms with E-state index in [0.29, 0.717) is 5.91 Å². The Morgan fingerprint density at radius 2 is 1.68 bits per heavy atom. The molecule has 1 aromatic carbocycles. The topological polar surface area (TPSA) is 20.3 Å². The van der Waals surface area contributed by atoms with E-state index in [4.69, 9.17) is 0 Å². The highest BCUT2D eigenvalue weighted by Gasteiger charge is 2.21. The molecule has 0 spiro atoms. The summed E-state index contributed by atoms with van der Waals surface area (Å²) < 4.78 is 0. The predicted molar refractivity (Wildman–Crippen MR) is 107 cm³/mol. The van der Waals surface area contributed by atoms with Crippen LogP contribution in [0.5, 0.6) is 0 Å². The second-order valence-electron chi connectivity index (χ2n) is 6.95. The molecule has 2 rings (SSSR count). The molecule has 1 saturated heterocycles. The fourth-order valence-corrected chi connectivity index (χ4v) is 3.55. The van der Waals surface area contributed by atoms with Gasteiger partial charge in [0.1, 0.15) is 0 Å². The lowest BCUT2D eigenvalue weighted by Gasteiger charge is -2.28. The van der Waals surface area contributed by atoms with Crippen molar-refractivity contribution in [2.24, 2.45) is 0 Å². The van der Waals surface area contributed by atoms with Gasteiger partial charge in [-0.15, -0.1) is 0 Å². The minimum absolute atomic E-state index is 0.304. The van der Waals surface area contributed by atoms with Gasteiger partial charge in [-0.2, -0.15) is 0 Å². The lowest BCUT2D eigenvalue weighted by Crippen LogP contribution is -2.37. The molecule has 0 aromatic heterocycles. The van der Waals surface area contributed by atoms with Crippen LogP contribution in [0.15, 0.2) is 47.6 Å². The van der Waals surface area contributed by atoms with Crippen LogP contribution in [0.2, 0.25) is 0 Å². The molecule has 1 amide bonds. The number of hydrogen-bond acceptors (Lipinski definition) is 1. The quantitative estimate of drug-likeness (QED) is 0.532. The molecule has 0 atom stereocenters. The molecular weight excluding hydrogens is 306 g/mol. The number of rotatable bonds is 8. The molecule has 1 heterocycles. The van der Waals surface area contributed by atoms with Crippen LogP contribution < -0.4 is 0 Å². The number of carbonyl (C=O) groups excluding carboxylic acids is 1. The van der Waals surface area contributed by atoms with E-state index in [-0.39, 0.29) is 0 Å². The van der Waals surface area contributed by atoms with Gasteiger partial charge < -0.3 is 4.90 Å². The van der Waals surface area contributed by atoms with E-state index in [1.165, 1.54) is 17.6 Å². The average molecular weight is 340 g/mol. The summed E-state index contributed by atoms with van der Waals surface area (Å²) >= 11 is 0. The molecule has 0 N–H and O–H groups in total. The zero-order valence-corrected chi connectivity index (χ0v) is 16.0. The Balaban J connectivity index is 2.16. The first kappa shape index (κ1) is 19.5. The van der Waals surface area contributed by atoms with Gasteiger partial charge in [-0.25, -0.2) is 0 Å². The van der Waals surface area contributed by atoms with Gasteiger partial charge in [0.15, 0.2) is 0 Å². The van der Waals surface area contributed by atoms with E-state index >= 15 is 0 Å². The number of amides is 1. The minimum atomic E-state index is 0.304. The van der Waals surface area contributed by atoms with Crippen LogP contribution in [0, 0.1) is 0 Å². The zero-order valence-electron chi connectivity index (χ0n) is 16.0. The molecule has 0 bridgehead atoms. The first-order valence-corrected chi connectivity index (χ1v) is 9.98. The van der Waals surface area contributed by atoms with Crippen LogP contribution >= 0.6 is 0 Å². The first-order chi connectivity index (χ1) is 12.3. The van der Waals surface area contributed by atoms with E-state index in [2.05, 4.69) is 55.2 Å². The van der Waals surface area contributed by atoms with Crippen LogP contribution in [0.4, 0.5) is 0 Å². The van der Waals surface area contributed by atoms with Crippen molar-refractivity contribution < 1.29 is 4.79 Å². The molecule has 25 heavy (non-hydrogen) atoms. The third-order valence-electron chi connectivity index (χ3n) is 4.85. The van der Waals surface area contributed by atoms with Gasteiger partial charge in [0, 0.05) is 18.7 Å². The van der Waals surface area contributed by atoms with Crippen LogP contribution in [0.3, 0.4) is 0 Å². The normalized spacial score (nSPS) is 16.2. The summed E-state index contributed by atoms with van der Waals surface area (Å²) in [5.41, 5.74) is 3.65. The van der Waals surface area contributed by atoms with Crippen molar-refractivity contribution in [3.05, 3.63) is 53.1 Å². The fourth-order valence-electron chi connectivity index (χ4n) is 3.55. The van der Waals surface area contributed by atoms with Gasteiger partial charge >= 0.3 is 0 Å². The van der Waals surface area contributed by atoms with Crippen molar-refractivity contribution in [2.75, 3.05) is 13.1 Å². The molecule has 1 fully saturated rings. The zero-order chi connectivity index (χ0) is 17.9. The highest BCUT2D eigenvalue weighted by atomic mass is 16.2. The molecule has 0 radical (unpaired) electrons. The second-order valence-corrected chi connectivity index (χ2v) is 6.95. The third kappa shape index (κ3) is 6.19. The molecule has 1 aromatic rings. The standard InChI is InChI=1S/C23H33NO/c1-3-12-21(17-11-16-20-14-7-5-8-15-20)22(13-4-2)23(25)24-18-9-6-10-19-24/h5,7-8,11,14-16H,3-4,6,9-10,12-13,17-19H2,1-2H3/b16-11+,22-21+. The summed E-state index contributed by atoms with van der Waals surface area (Å²) in [5.74, 6) is 0.304. The van der Waals surface area contributed by atoms with E-state index in [0.717, 1.165) is 63.6 Å². The number of benzene rings is 1. The van der Waals surface area contributed by atoms with Gasteiger partial charge in [-0.3, -0.25) is 4.79 Å². The molecule has 0 unspecified atom stereocenters. The van der Waals surface area contributed by atoms with E-state index in [1.54, 1.807) is 0 Å². The van der Waals surface area contributed by atoms with Gasteiger partial charge in [-0.1, -0.05) is 74.7 Å². The number of carbonyl (C=O) groups is 1.